The number of hydrogen-bond acceptors (Lipinski definition) is 3. The molecule has 0 aliphatic heterocycles. The van der Waals surface area contributed by atoms with E-state index in [1.165, 1.54) is 6.08 Å². The first kappa shape index (κ1) is 10.4. The van der Waals surface area contributed by atoms with Crippen molar-refractivity contribution in [1.82, 2.24) is 0 Å². The lowest BCUT2D eigenvalue weighted by Gasteiger charge is -2.07. The summed E-state index contributed by atoms with van der Waals surface area (Å²) < 4.78 is 19.3. The summed E-state index contributed by atoms with van der Waals surface area (Å²) in [6, 6.07) is 0. The monoisotopic (exact) mass is 176 g/mol. The third-order valence-electron chi connectivity index (χ3n) is 0.667. The SMILES string of the molecule is C#CCOP(=O)(O)OCC=C. The van der Waals surface area contributed by atoms with Crippen molar-refractivity contribution in [2.24, 2.45) is 0 Å². The van der Waals surface area contributed by atoms with Crippen molar-refractivity contribution in [2.45, 2.75) is 0 Å². The molecule has 1 unspecified atom stereocenters. The van der Waals surface area contributed by atoms with Crippen molar-refractivity contribution >= 4 is 7.82 Å². The van der Waals surface area contributed by atoms with Crippen molar-refractivity contribution in [2.75, 3.05) is 13.2 Å². The molecule has 0 spiro atoms. The fourth-order valence-electron chi connectivity index (χ4n) is 0.303. The van der Waals surface area contributed by atoms with Crippen LogP contribution in [-0.2, 0) is 13.6 Å². The van der Waals surface area contributed by atoms with Crippen molar-refractivity contribution in [3.63, 3.8) is 0 Å². The molecule has 0 amide bonds. The van der Waals surface area contributed by atoms with Gasteiger partial charge in [-0.3, -0.25) is 9.05 Å². The minimum atomic E-state index is -3.94. The molecule has 0 aromatic carbocycles. The summed E-state index contributed by atoms with van der Waals surface area (Å²) in [6.45, 7) is 3.00. The van der Waals surface area contributed by atoms with Gasteiger partial charge in [-0.1, -0.05) is 12.0 Å². The van der Waals surface area contributed by atoms with Gasteiger partial charge in [0, 0.05) is 0 Å². The molecule has 1 atom stereocenters. The second kappa shape index (κ2) is 5.11. The molecule has 11 heavy (non-hydrogen) atoms. The molecule has 5 heteroatoms. The third kappa shape index (κ3) is 5.84. The largest absolute Gasteiger partial charge is 0.473 e. The lowest BCUT2D eigenvalue weighted by atomic mass is 10.7. The van der Waals surface area contributed by atoms with Gasteiger partial charge in [-0.2, -0.15) is 0 Å². The predicted octanol–water partition coefficient (Wildman–Crippen LogP) is 0.939. The van der Waals surface area contributed by atoms with Crippen LogP contribution in [0.25, 0.3) is 0 Å². The van der Waals surface area contributed by atoms with Crippen LogP contribution in [0.1, 0.15) is 0 Å². The van der Waals surface area contributed by atoms with Gasteiger partial charge in [0.1, 0.15) is 6.61 Å². The molecule has 0 saturated carbocycles. The average Bonchev–Trinajstić information content (AvgIpc) is 1.97. The fourth-order valence-corrected chi connectivity index (χ4v) is 0.909. The van der Waals surface area contributed by atoms with Crippen LogP contribution >= 0.6 is 7.82 Å². The number of phosphoric acid groups is 1. The lowest BCUT2D eigenvalue weighted by Crippen LogP contribution is -1.94. The van der Waals surface area contributed by atoms with E-state index in [1.54, 1.807) is 0 Å². The van der Waals surface area contributed by atoms with E-state index >= 15 is 0 Å². The Morgan fingerprint density at radius 2 is 2.36 bits per heavy atom. The van der Waals surface area contributed by atoms with Gasteiger partial charge in [0.15, 0.2) is 0 Å². The Hall–Kier alpha value is -0.590. The Labute approximate surface area is 65.4 Å². The van der Waals surface area contributed by atoms with Crippen LogP contribution in [0.5, 0.6) is 0 Å². The van der Waals surface area contributed by atoms with Crippen LogP contribution in [0, 0.1) is 12.3 Å². The third-order valence-corrected chi connectivity index (χ3v) is 1.60. The molecule has 4 nitrogen and oxygen atoms in total. The van der Waals surface area contributed by atoms with E-state index in [-0.39, 0.29) is 13.2 Å². The summed E-state index contributed by atoms with van der Waals surface area (Å²) in [5.74, 6) is 2.04. The fraction of sp³-hybridized carbons (Fsp3) is 0.333. The Morgan fingerprint density at radius 3 is 2.82 bits per heavy atom. The highest BCUT2D eigenvalue weighted by molar-refractivity contribution is 7.47. The molecule has 0 fully saturated rings. The number of hydrogen-bond donors (Lipinski definition) is 1. The second-order valence-electron chi connectivity index (χ2n) is 1.53. The highest BCUT2D eigenvalue weighted by Gasteiger charge is 2.18. The van der Waals surface area contributed by atoms with Gasteiger partial charge >= 0.3 is 7.82 Å². The van der Waals surface area contributed by atoms with Gasteiger partial charge in [-0.25, -0.2) is 4.57 Å². The van der Waals surface area contributed by atoms with E-state index in [0.29, 0.717) is 0 Å². The number of terminal acetylenes is 1. The Balaban J connectivity index is 3.72. The topological polar surface area (TPSA) is 55.8 Å². The summed E-state index contributed by atoms with van der Waals surface area (Å²) >= 11 is 0. The second-order valence-corrected chi connectivity index (χ2v) is 2.98. The Kier molecular flexibility index (Phi) is 4.84. The van der Waals surface area contributed by atoms with Crippen LogP contribution in [0.2, 0.25) is 0 Å². The summed E-state index contributed by atoms with van der Waals surface area (Å²) in [5, 5.41) is 0. The molecule has 62 valence electrons. The Morgan fingerprint density at radius 1 is 1.73 bits per heavy atom. The zero-order chi connectivity index (χ0) is 8.74. The van der Waals surface area contributed by atoms with Gasteiger partial charge in [0.2, 0.25) is 0 Å². The van der Waals surface area contributed by atoms with Gasteiger partial charge in [0.05, 0.1) is 6.61 Å². The Bertz CT molecular complexity index is 205. The van der Waals surface area contributed by atoms with Crippen molar-refractivity contribution in [3.05, 3.63) is 12.7 Å². The summed E-state index contributed by atoms with van der Waals surface area (Å²) in [5.41, 5.74) is 0. The summed E-state index contributed by atoms with van der Waals surface area (Å²) in [4.78, 5) is 8.74. The number of phosphoric ester groups is 1. The van der Waals surface area contributed by atoms with E-state index in [2.05, 4.69) is 15.6 Å². The van der Waals surface area contributed by atoms with Gasteiger partial charge in [-0.05, 0) is 0 Å². The molecular weight excluding hydrogens is 167 g/mol. The normalized spacial score (nSPS) is 14.9. The minimum Gasteiger partial charge on any atom is -0.302 e. The number of rotatable bonds is 5. The highest BCUT2D eigenvalue weighted by Crippen LogP contribution is 2.42. The molecule has 0 heterocycles. The zero-order valence-corrected chi connectivity index (χ0v) is 6.79. The molecule has 0 aromatic rings. The van der Waals surface area contributed by atoms with Crippen LogP contribution in [-0.4, -0.2) is 18.1 Å². The molecule has 0 aliphatic carbocycles. The van der Waals surface area contributed by atoms with E-state index in [4.69, 9.17) is 11.3 Å². The maximum atomic E-state index is 10.7. The quantitative estimate of drug-likeness (QED) is 0.384. The first-order valence-corrected chi connectivity index (χ1v) is 4.28. The maximum Gasteiger partial charge on any atom is 0.473 e. The van der Waals surface area contributed by atoms with Gasteiger partial charge in [0.25, 0.3) is 0 Å². The average molecular weight is 176 g/mol. The van der Waals surface area contributed by atoms with Gasteiger partial charge < -0.3 is 4.89 Å². The molecular formula is C6H9O4P. The molecule has 0 radical (unpaired) electrons. The van der Waals surface area contributed by atoms with Crippen molar-refractivity contribution in [3.8, 4) is 12.3 Å². The minimum absolute atomic E-state index is 0.0433. The molecule has 0 saturated heterocycles. The first-order chi connectivity index (χ1) is 5.12. The molecule has 0 aliphatic rings. The van der Waals surface area contributed by atoms with E-state index < -0.39 is 7.82 Å². The van der Waals surface area contributed by atoms with Crippen LogP contribution in [0.15, 0.2) is 12.7 Å². The van der Waals surface area contributed by atoms with Crippen LogP contribution in [0.3, 0.4) is 0 Å². The van der Waals surface area contributed by atoms with E-state index in [9.17, 15) is 4.57 Å². The van der Waals surface area contributed by atoms with E-state index in [1.807, 2.05) is 5.92 Å². The van der Waals surface area contributed by atoms with Crippen molar-refractivity contribution < 1.29 is 18.5 Å². The lowest BCUT2D eigenvalue weighted by molar-refractivity contribution is 0.176. The molecule has 0 rings (SSSR count). The van der Waals surface area contributed by atoms with E-state index in [0.717, 1.165) is 0 Å². The predicted molar refractivity (Wildman–Crippen MR) is 40.8 cm³/mol. The highest BCUT2D eigenvalue weighted by atomic mass is 31.2. The summed E-state index contributed by atoms with van der Waals surface area (Å²) in [6.07, 6.45) is 6.12. The summed E-state index contributed by atoms with van der Waals surface area (Å²) in [7, 11) is -3.94. The maximum absolute atomic E-state index is 10.7. The standard InChI is InChI=1S/C6H9O4P/c1-3-5-9-11(7,8)10-6-4-2/h1,4H,2,5-6H2,(H,7,8). The molecule has 0 aromatic heterocycles. The smallest absolute Gasteiger partial charge is 0.302 e. The first-order valence-electron chi connectivity index (χ1n) is 2.78. The van der Waals surface area contributed by atoms with Gasteiger partial charge in [-0.15, -0.1) is 13.0 Å². The molecule has 1 N–H and O–H groups in total. The van der Waals surface area contributed by atoms with Crippen LogP contribution in [0.4, 0.5) is 0 Å². The molecule has 0 bridgehead atoms. The van der Waals surface area contributed by atoms with Crippen LogP contribution < -0.4 is 0 Å². The zero-order valence-electron chi connectivity index (χ0n) is 5.90. The van der Waals surface area contributed by atoms with Crippen molar-refractivity contribution in [1.29, 1.82) is 0 Å².